The zero-order chi connectivity index (χ0) is 7.82. The Labute approximate surface area is 62.3 Å². The molecule has 0 rings (SSSR count). The first kappa shape index (κ1) is 9.89. The van der Waals surface area contributed by atoms with E-state index in [1.54, 1.807) is 6.92 Å². The van der Waals surface area contributed by atoms with Crippen molar-refractivity contribution in [2.75, 3.05) is 6.67 Å². The summed E-state index contributed by atoms with van der Waals surface area (Å²) in [7, 11) is 0. The molecule has 2 heteroatoms. The van der Waals surface area contributed by atoms with Crippen LogP contribution in [0.2, 0.25) is 0 Å². The number of hydrogen-bond donors (Lipinski definition) is 1. The summed E-state index contributed by atoms with van der Waals surface area (Å²) >= 11 is 0. The number of unbranched alkanes of at least 4 members (excludes halogenated alkanes) is 3. The van der Waals surface area contributed by atoms with E-state index in [0.29, 0.717) is 6.42 Å². The smallest absolute Gasteiger partial charge is 0.0894 e. The van der Waals surface area contributed by atoms with Crippen LogP contribution >= 0.6 is 0 Å². The summed E-state index contributed by atoms with van der Waals surface area (Å²) < 4.78 is 11.5. The molecule has 62 valence electrons. The summed E-state index contributed by atoms with van der Waals surface area (Å²) in [4.78, 5) is 0. The van der Waals surface area contributed by atoms with Gasteiger partial charge in [0.15, 0.2) is 0 Å². The van der Waals surface area contributed by atoms with Crippen LogP contribution in [0.3, 0.4) is 0 Å². The van der Waals surface area contributed by atoms with Crippen molar-refractivity contribution in [2.24, 2.45) is 0 Å². The van der Waals surface area contributed by atoms with Crippen LogP contribution in [0.1, 0.15) is 39.0 Å². The van der Waals surface area contributed by atoms with Gasteiger partial charge in [0.25, 0.3) is 0 Å². The van der Waals surface area contributed by atoms with Gasteiger partial charge < -0.3 is 5.11 Å². The minimum Gasteiger partial charge on any atom is -0.393 e. The summed E-state index contributed by atoms with van der Waals surface area (Å²) in [5.41, 5.74) is 0. The molecule has 0 aromatic heterocycles. The fourth-order valence-electron chi connectivity index (χ4n) is 0.888. The van der Waals surface area contributed by atoms with E-state index in [0.717, 1.165) is 25.7 Å². The van der Waals surface area contributed by atoms with Gasteiger partial charge in [0, 0.05) is 0 Å². The van der Waals surface area contributed by atoms with E-state index < -0.39 is 0 Å². The highest BCUT2D eigenvalue weighted by atomic mass is 19.1. The molecule has 0 aromatic carbocycles. The second-order valence-corrected chi connectivity index (χ2v) is 2.74. The van der Waals surface area contributed by atoms with E-state index in [9.17, 15) is 4.39 Å². The summed E-state index contributed by atoms with van der Waals surface area (Å²) in [5, 5.41) is 8.83. The third kappa shape index (κ3) is 7.89. The summed E-state index contributed by atoms with van der Waals surface area (Å²) in [6.45, 7) is 1.59. The van der Waals surface area contributed by atoms with Crippen LogP contribution < -0.4 is 0 Å². The number of halogens is 1. The molecule has 0 spiro atoms. The maximum Gasteiger partial charge on any atom is 0.0894 e. The number of rotatable bonds is 6. The standard InChI is InChI=1S/C8H17FO/c1-8(10)6-4-2-3-5-7-9/h8,10H,2-7H2,1H3. The lowest BCUT2D eigenvalue weighted by atomic mass is 10.1. The van der Waals surface area contributed by atoms with Gasteiger partial charge in [-0.15, -0.1) is 0 Å². The Morgan fingerprint density at radius 3 is 2.30 bits per heavy atom. The summed E-state index contributed by atoms with van der Waals surface area (Å²) in [6.07, 6.45) is 4.38. The predicted octanol–water partition coefficient (Wildman–Crippen LogP) is 2.29. The van der Waals surface area contributed by atoms with Crippen molar-refractivity contribution in [2.45, 2.75) is 45.1 Å². The quantitative estimate of drug-likeness (QED) is 0.573. The number of aliphatic hydroxyl groups is 1. The first-order valence-electron chi connectivity index (χ1n) is 4.01. The van der Waals surface area contributed by atoms with Crippen molar-refractivity contribution in [3.8, 4) is 0 Å². The second kappa shape index (κ2) is 7.00. The van der Waals surface area contributed by atoms with E-state index in [4.69, 9.17) is 5.11 Å². The molecular formula is C8H17FO. The van der Waals surface area contributed by atoms with Gasteiger partial charge in [-0.1, -0.05) is 19.3 Å². The van der Waals surface area contributed by atoms with Gasteiger partial charge in [-0.2, -0.15) is 0 Å². The van der Waals surface area contributed by atoms with Crippen LogP contribution in [0.15, 0.2) is 0 Å². The average molecular weight is 148 g/mol. The van der Waals surface area contributed by atoms with E-state index >= 15 is 0 Å². The lowest BCUT2D eigenvalue weighted by Crippen LogP contribution is -1.98. The van der Waals surface area contributed by atoms with Crippen LogP contribution in [-0.2, 0) is 0 Å². The molecule has 0 aliphatic rings. The summed E-state index contributed by atoms with van der Waals surface area (Å²) in [6, 6.07) is 0. The largest absolute Gasteiger partial charge is 0.393 e. The Bertz CT molecular complexity index is 64.3. The minimum absolute atomic E-state index is 0.189. The molecule has 0 aliphatic heterocycles. The van der Waals surface area contributed by atoms with Crippen LogP contribution in [0, 0.1) is 0 Å². The SMILES string of the molecule is CC(O)CCCCCCF. The van der Waals surface area contributed by atoms with Gasteiger partial charge in [0.05, 0.1) is 12.8 Å². The van der Waals surface area contributed by atoms with E-state index in [1.165, 1.54) is 0 Å². The lowest BCUT2D eigenvalue weighted by molar-refractivity contribution is 0.180. The predicted molar refractivity (Wildman–Crippen MR) is 40.7 cm³/mol. The van der Waals surface area contributed by atoms with Gasteiger partial charge >= 0.3 is 0 Å². The zero-order valence-corrected chi connectivity index (χ0v) is 6.65. The normalized spacial score (nSPS) is 13.5. The Balaban J connectivity index is 2.77. The molecule has 0 amide bonds. The summed E-state index contributed by atoms with van der Waals surface area (Å²) in [5.74, 6) is 0. The van der Waals surface area contributed by atoms with E-state index in [1.807, 2.05) is 0 Å². The molecular weight excluding hydrogens is 131 g/mol. The molecule has 1 nitrogen and oxygen atoms in total. The van der Waals surface area contributed by atoms with Gasteiger partial charge in [0.2, 0.25) is 0 Å². The van der Waals surface area contributed by atoms with E-state index in [-0.39, 0.29) is 12.8 Å². The van der Waals surface area contributed by atoms with Crippen molar-refractivity contribution in [1.29, 1.82) is 0 Å². The molecule has 0 radical (unpaired) electrons. The third-order valence-corrected chi connectivity index (χ3v) is 1.51. The van der Waals surface area contributed by atoms with Gasteiger partial charge in [-0.3, -0.25) is 4.39 Å². The first-order valence-corrected chi connectivity index (χ1v) is 4.01. The molecule has 0 bridgehead atoms. The highest BCUT2D eigenvalue weighted by Crippen LogP contribution is 2.05. The van der Waals surface area contributed by atoms with Gasteiger partial charge in [-0.05, 0) is 19.8 Å². The van der Waals surface area contributed by atoms with Crippen molar-refractivity contribution in [3.63, 3.8) is 0 Å². The molecule has 10 heavy (non-hydrogen) atoms. The third-order valence-electron chi connectivity index (χ3n) is 1.51. The molecule has 1 atom stereocenters. The number of aliphatic hydroxyl groups excluding tert-OH is 1. The molecule has 0 heterocycles. The maximum atomic E-state index is 11.5. The van der Waals surface area contributed by atoms with Crippen LogP contribution in [0.5, 0.6) is 0 Å². The number of hydrogen-bond acceptors (Lipinski definition) is 1. The zero-order valence-electron chi connectivity index (χ0n) is 6.65. The van der Waals surface area contributed by atoms with Crippen molar-refractivity contribution >= 4 is 0 Å². The lowest BCUT2D eigenvalue weighted by Gasteiger charge is -2.01. The molecule has 1 unspecified atom stereocenters. The van der Waals surface area contributed by atoms with Crippen LogP contribution in [0.25, 0.3) is 0 Å². The second-order valence-electron chi connectivity index (χ2n) is 2.74. The van der Waals surface area contributed by atoms with Crippen molar-refractivity contribution in [3.05, 3.63) is 0 Å². The first-order chi connectivity index (χ1) is 4.77. The molecule has 0 aromatic rings. The Morgan fingerprint density at radius 1 is 1.20 bits per heavy atom. The average Bonchev–Trinajstić information content (AvgIpc) is 1.87. The van der Waals surface area contributed by atoms with Crippen molar-refractivity contribution in [1.82, 2.24) is 0 Å². The monoisotopic (exact) mass is 148 g/mol. The number of alkyl halides is 1. The van der Waals surface area contributed by atoms with Crippen LogP contribution in [0.4, 0.5) is 4.39 Å². The van der Waals surface area contributed by atoms with Crippen molar-refractivity contribution < 1.29 is 9.50 Å². The molecule has 0 saturated heterocycles. The molecule has 1 N–H and O–H groups in total. The fraction of sp³-hybridized carbons (Fsp3) is 1.00. The Kier molecular flexibility index (Phi) is 6.93. The molecule has 0 fully saturated rings. The van der Waals surface area contributed by atoms with Gasteiger partial charge in [-0.25, -0.2) is 0 Å². The topological polar surface area (TPSA) is 20.2 Å². The maximum absolute atomic E-state index is 11.5. The highest BCUT2D eigenvalue weighted by Gasteiger charge is 1.94. The van der Waals surface area contributed by atoms with Crippen LogP contribution in [-0.4, -0.2) is 17.9 Å². The molecule has 0 aliphatic carbocycles. The Morgan fingerprint density at radius 2 is 1.80 bits per heavy atom. The van der Waals surface area contributed by atoms with Gasteiger partial charge in [0.1, 0.15) is 0 Å². The fourth-order valence-corrected chi connectivity index (χ4v) is 0.888. The minimum atomic E-state index is -0.200. The molecule has 0 saturated carbocycles. The highest BCUT2D eigenvalue weighted by molar-refractivity contribution is 4.48. The van der Waals surface area contributed by atoms with E-state index in [2.05, 4.69) is 0 Å². The Hall–Kier alpha value is -0.110.